The van der Waals surface area contributed by atoms with Crippen LogP contribution in [0, 0.1) is 5.82 Å². The molecule has 1 heterocycles. The SMILES string of the molecule is O=C(O)c1cn(-c2ccc(F)c(Cl)c2)c2ccccc2c1=O. The normalized spacial score (nSPS) is 10.8. The summed E-state index contributed by atoms with van der Waals surface area (Å²) in [6, 6.07) is 10.6. The third kappa shape index (κ3) is 2.25. The Morgan fingerprint density at radius 1 is 1.18 bits per heavy atom. The number of carboxylic acids is 1. The van der Waals surface area contributed by atoms with Crippen molar-refractivity contribution in [3.05, 3.63) is 75.3 Å². The summed E-state index contributed by atoms with van der Waals surface area (Å²) in [6.07, 6.45) is 1.22. The standard InChI is InChI=1S/C16H9ClFNO3/c17-12-7-9(5-6-13(12)18)19-8-11(16(21)22)15(20)10-3-1-2-4-14(10)19/h1-8H,(H,21,22). The first-order valence-corrected chi connectivity index (χ1v) is 6.70. The average Bonchev–Trinajstić information content (AvgIpc) is 2.50. The van der Waals surface area contributed by atoms with Crippen molar-refractivity contribution in [2.75, 3.05) is 0 Å². The third-order valence-electron chi connectivity index (χ3n) is 3.32. The second-order valence-corrected chi connectivity index (χ2v) is 5.07. The average molecular weight is 318 g/mol. The van der Waals surface area contributed by atoms with Gasteiger partial charge in [-0.2, -0.15) is 0 Å². The molecule has 0 fully saturated rings. The van der Waals surface area contributed by atoms with Crippen molar-refractivity contribution in [3.8, 4) is 5.69 Å². The summed E-state index contributed by atoms with van der Waals surface area (Å²) in [5, 5.41) is 9.38. The van der Waals surface area contributed by atoms with E-state index in [1.807, 2.05) is 0 Å². The molecular formula is C16H9ClFNO3. The maximum atomic E-state index is 13.3. The van der Waals surface area contributed by atoms with Gasteiger partial charge >= 0.3 is 5.97 Å². The van der Waals surface area contributed by atoms with Gasteiger partial charge in [-0.1, -0.05) is 23.7 Å². The third-order valence-corrected chi connectivity index (χ3v) is 3.61. The van der Waals surface area contributed by atoms with Crippen LogP contribution in [0.5, 0.6) is 0 Å². The summed E-state index contributed by atoms with van der Waals surface area (Å²) in [5.41, 5.74) is 0.0528. The first-order valence-electron chi connectivity index (χ1n) is 6.32. The molecule has 0 atom stereocenters. The summed E-state index contributed by atoms with van der Waals surface area (Å²) >= 11 is 5.78. The number of para-hydroxylation sites is 1. The largest absolute Gasteiger partial charge is 0.477 e. The van der Waals surface area contributed by atoms with Gasteiger partial charge in [0.2, 0.25) is 5.43 Å². The minimum absolute atomic E-state index is 0.0860. The van der Waals surface area contributed by atoms with Gasteiger partial charge in [0.25, 0.3) is 0 Å². The van der Waals surface area contributed by atoms with Gasteiger partial charge in [0.1, 0.15) is 11.4 Å². The van der Waals surface area contributed by atoms with Crippen LogP contribution in [0.25, 0.3) is 16.6 Å². The lowest BCUT2D eigenvalue weighted by Gasteiger charge is -2.12. The van der Waals surface area contributed by atoms with Crippen LogP contribution < -0.4 is 5.43 Å². The van der Waals surface area contributed by atoms with E-state index in [4.69, 9.17) is 11.6 Å². The van der Waals surface area contributed by atoms with Crippen molar-refractivity contribution in [1.82, 2.24) is 4.57 Å². The smallest absolute Gasteiger partial charge is 0.341 e. The van der Waals surface area contributed by atoms with Gasteiger partial charge in [0.15, 0.2) is 0 Å². The number of hydrogen-bond donors (Lipinski definition) is 1. The van der Waals surface area contributed by atoms with E-state index in [-0.39, 0.29) is 16.0 Å². The number of nitrogens with zero attached hydrogens (tertiary/aromatic N) is 1. The Labute approximate surface area is 129 Å². The molecule has 0 spiro atoms. The molecule has 0 radical (unpaired) electrons. The van der Waals surface area contributed by atoms with Gasteiger partial charge < -0.3 is 9.67 Å². The van der Waals surface area contributed by atoms with Crippen LogP contribution in [0.3, 0.4) is 0 Å². The summed E-state index contributed by atoms with van der Waals surface area (Å²) in [4.78, 5) is 23.5. The van der Waals surface area contributed by atoms with Gasteiger partial charge in [0.05, 0.1) is 10.5 Å². The van der Waals surface area contributed by atoms with Gasteiger partial charge in [-0.25, -0.2) is 9.18 Å². The number of aromatic carboxylic acids is 1. The predicted molar refractivity (Wildman–Crippen MR) is 81.5 cm³/mol. The zero-order valence-corrected chi connectivity index (χ0v) is 11.8. The van der Waals surface area contributed by atoms with Crippen LogP contribution in [-0.2, 0) is 0 Å². The molecule has 6 heteroatoms. The van der Waals surface area contributed by atoms with Crippen LogP contribution in [0.1, 0.15) is 10.4 Å². The van der Waals surface area contributed by atoms with E-state index in [0.717, 1.165) is 0 Å². The number of carboxylic acid groups (broad SMARTS) is 1. The maximum absolute atomic E-state index is 13.3. The summed E-state index contributed by atoms with van der Waals surface area (Å²) in [7, 11) is 0. The van der Waals surface area contributed by atoms with Gasteiger partial charge in [0, 0.05) is 17.3 Å². The molecule has 0 aliphatic rings. The highest BCUT2D eigenvalue weighted by molar-refractivity contribution is 6.30. The van der Waals surface area contributed by atoms with E-state index in [1.165, 1.54) is 29.0 Å². The lowest BCUT2D eigenvalue weighted by Crippen LogP contribution is -2.18. The monoisotopic (exact) mass is 317 g/mol. The number of hydrogen-bond acceptors (Lipinski definition) is 2. The molecule has 3 aromatic rings. The number of pyridine rings is 1. The van der Waals surface area contributed by atoms with Crippen molar-refractivity contribution in [3.63, 3.8) is 0 Å². The molecule has 1 N–H and O–H groups in total. The number of carbonyl (C=O) groups is 1. The Morgan fingerprint density at radius 2 is 1.91 bits per heavy atom. The first kappa shape index (κ1) is 14.3. The van der Waals surface area contributed by atoms with Crippen molar-refractivity contribution < 1.29 is 14.3 Å². The van der Waals surface area contributed by atoms with Crippen LogP contribution in [0.4, 0.5) is 4.39 Å². The fourth-order valence-electron chi connectivity index (χ4n) is 2.28. The lowest BCUT2D eigenvalue weighted by atomic mass is 10.1. The molecular weight excluding hydrogens is 309 g/mol. The molecule has 1 aromatic heterocycles. The zero-order valence-electron chi connectivity index (χ0n) is 11.1. The molecule has 0 aliphatic heterocycles. The minimum Gasteiger partial charge on any atom is -0.477 e. The highest BCUT2D eigenvalue weighted by Crippen LogP contribution is 2.22. The quantitative estimate of drug-likeness (QED) is 0.787. The Hall–Kier alpha value is -2.66. The van der Waals surface area contributed by atoms with E-state index in [9.17, 15) is 19.1 Å². The van der Waals surface area contributed by atoms with E-state index >= 15 is 0 Å². The second kappa shape index (κ2) is 5.27. The molecule has 0 bridgehead atoms. The van der Waals surface area contributed by atoms with Gasteiger partial charge in [-0.15, -0.1) is 0 Å². The van der Waals surface area contributed by atoms with E-state index in [1.54, 1.807) is 24.3 Å². The van der Waals surface area contributed by atoms with E-state index in [0.29, 0.717) is 11.2 Å². The van der Waals surface area contributed by atoms with E-state index in [2.05, 4.69) is 0 Å². The minimum atomic E-state index is -1.32. The number of benzene rings is 2. The Morgan fingerprint density at radius 3 is 2.59 bits per heavy atom. The first-order chi connectivity index (χ1) is 10.5. The Kier molecular flexibility index (Phi) is 3.42. The molecule has 3 rings (SSSR count). The molecule has 22 heavy (non-hydrogen) atoms. The van der Waals surface area contributed by atoms with Crippen LogP contribution in [-0.4, -0.2) is 15.6 Å². The maximum Gasteiger partial charge on any atom is 0.341 e. The molecule has 0 unspecified atom stereocenters. The van der Waals surface area contributed by atoms with E-state index < -0.39 is 17.2 Å². The highest BCUT2D eigenvalue weighted by Gasteiger charge is 2.15. The lowest BCUT2D eigenvalue weighted by molar-refractivity contribution is 0.0695. The van der Waals surface area contributed by atoms with Crippen molar-refractivity contribution >= 4 is 28.5 Å². The number of fused-ring (bicyclic) bond motifs is 1. The molecule has 2 aromatic carbocycles. The molecule has 0 saturated heterocycles. The number of rotatable bonds is 2. The Bertz CT molecular complexity index is 965. The summed E-state index contributed by atoms with van der Waals surface area (Å²) < 4.78 is 14.8. The number of aromatic nitrogens is 1. The molecule has 4 nitrogen and oxygen atoms in total. The second-order valence-electron chi connectivity index (χ2n) is 4.66. The molecule has 0 aliphatic carbocycles. The topological polar surface area (TPSA) is 59.3 Å². The summed E-state index contributed by atoms with van der Waals surface area (Å²) in [5.74, 6) is -1.90. The Balaban J connectivity index is 2.42. The molecule has 0 saturated carbocycles. The van der Waals surface area contributed by atoms with Crippen LogP contribution in [0.2, 0.25) is 5.02 Å². The van der Waals surface area contributed by atoms with Crippen molar-refractivity contribution in [2.24, 2.45) is 0 Å². The fourth-order valence-corrected chi connectivity index (χ4v) is 2.45. The zero-order chi connectivity index (χ0) is 15.9. The molecule has 0 amide bonds. The molecule has 110 valence electrons. The summed E-state index contributed by atoms with van der Waals surface area (Å²) in [6.45, 7) is 0. The van der Waals surface area contributed by atoms with Gasteiger partial charge in [-0.05, 0) is 30.3 Å². The predicted octanol–water partition coefficient (Wildman–Crippen LogP) is 3.48. The van der Waals surface area contributed by atoms with Gasteiger partial charge in [-0.3, -0.25) is 4.79 Å². The highest BCUT2D eigenvalue weighted by atomic mass is 35.5. The fraction of sp³-hybridized carbons (Fsp3) is 0. The number of halogens is 2. The van der Waals surface area contributed by atoms with Crippen molar-refractivity contribution in [2.45, 2.75) is 0 Å². The van der Waals surface area contributed by atoms with Crippen LogP contribution in [0.15, 0.2) is 53.5 Å². The van der Waals surface area contributed by atoms with Crippen LogP contribution >= 0.6 is 11.6 Å². The van der Waals surface area contributed by atoms with Crippen molar-refractivity contribution in [1.29, 1.82) is 0 Å².